The van der Waals surface area contributed by atoms with Crippen LogP contribution in [0.2, 0.25) is 0 Å². The molecule has 1 aliphatic rings. The summed E-state index contributed by atoms with van der Waals surface area (Å²) in [5, 5.41) is 1.98. The first-order valence-electron chi connectivity index (χ1n) is 9.04. The molecule has 138 valence electrons. The normalized spacial score (nSPS) is 17.0. The minimum atomic E-state index is -0.213. The van der Waals surface area contributed by atoms with E-state index in [0.29, 0.717) is 24.5 Å². The lowest BCUT2D eigenvalue weighted by Gasteiger charge is -2.35. The Hall–Kier alpha value is -2.80. The summed E-state index contributed by atoms with van der Waals surface area (Å²) in [6, 6.07) is 8.95. The highest BCUT2D eigenvalue weighted by Gasteiger charge is 2.29. The van der Waals surface area contributed by atoms with Crippen LogP contribution in [-0.2, 0) is 11.2 Å². The molecule has 3 aromatic heterocycles. The average molecular weight is 380 g/mol. The van der Waals surface area contributed by atoms with E-state index in [4.69, 9.17) is 0 Å². The lowest BCUT2D eigenvalue weighted by atomic mass is 9.98. The van der Waals surface area contributed by atoms with Crippen LogP contribution in [0, 0.1) is 0 Å². The van der Waals surface area contributed by atoms with Gasteiger partial charge in [0.1, 0.15) is 5.82 Å². The molecule has 7 heteroatoms. The molecule has 0 bridgehead atoms. The van der Waals surface area contributed by atoms with E-state index < -0.39 is 0 Å². The maximum Gasteiger partial charge on any atom is 0.251 e. The second-order valence-electron chi connectivity index (χ2n) is 6.62. The number of thiophene rings is 1. The molecule has 0 aromatic carbocycles. The van der Waals surface area contributed by atoms with Gasteiger partial charge in [-0.15, -0.1) is 11.3 Å². The number of likely N-dealkylation sites (tertiary alicyclic amines) is 1. The summed E-state index contributed by atoms with van der Waals surface area (Å²) < 4.78 is 0. The highest BCUT2D eigenvalue weighted by molar-refractivity contribution is 7.10. The third-order valence-corrected chi connectivity index (χ3v) is 5.64. The summed E-state index contributed by atoms with van der Waals surface area (Å²) >= 11 is 1.59. The number of hydrogen-bond donors (Lipinski definition) is 1. The number of H-pyrrole nitrogens is 1. The minimum absolute atomic E-state index is 0.0900. The van der Waals surface area contributed by atoms with Gasteiger partial charge in [0.15, 0.2) is 0 Å². The number of amides is 1. The third kappa shape index (κ3) is 3.98. The van der Waals surface area contributed by atoms with Crippen LogP contribution in [-0.4, -0.2) is 32.3 Å². The smallest absolute Gasteiger partial charge is 0.251 e. The van der Waals surface area contributed by atoms with Crippen LogP contribution < -0.4 is 5.56 Å². The number of nitrogens with zero attached hydrogens (tertiary/aromatic N) is 3. The third-order valence-electron chi connectivity index (χ3n) is 4.77. The predicted octanol–water partition coefficient (Wildman–Crippen LogP) is 3.19. The molecule has 1 saturated heterocycles. The van der Waals surface area contributed by atoms with Crippen LogP contribution in [0.3, 0.4) is 0 Å². The first kappa shape index (κ1) is 17.6. The Morgan fingerprint density at radius 3 is 3.00 bits per heavy atom. The van der Waals surface area contributed by atoms with Gasteiger partial charge in [-0.05, 0) is 42.8 Å². The maximum absolute atomic E-state index is 12.9. The zero-order valence-electron chi connectivity index (χ0n) is 14.8. The van der Waals surface area contributed by atoms with Crippen molar-refractivity contribution in [3.8, 4) is 11.4 Å². The summed E-state index contributed by atoms with van der Waals surface area (Å²) in [4.78, 5) is 39.6. The standard InChI is InChI=1S/C20H20N4O2S/c25-18-12-16(22-20(23-18)14-5-3-8-21-13-14)17-7-1-2-9-24(17)19(26)11-15-6-4-10-27-15/h3-6,8,10,12-13,17H,1-2,7,9,11H2,(H,22,23,25). The number of nitrogens with one attached hydrogen (secondary N) is 1. The van der Waals surface area contributed by atoms with E-state index in [0.717, 1.165) is 29.7 Å². The molecule has 0 radical (unpaired) electrons. The van der Waals surface area contributed by atoms with Crippen LogP contribution in [0.15, 0.2) is 52.9 Å². The Morgan fingerprint density at radius 2 is 2.22 bits per heavy atom. The Bertz CT molecular complexity index is 969. The van der Waals surface area contributed by atoms with E-state index in [2.05, 4.69) is 15.0 Å². The Labute approximate surface area is 160 Å². The van der Waals surface area contributed by atoms with Crippen LogP contribution in [0.25, 0.3) is 11.4 Å². The van der Waals surface area contributed by atoms with E-state index in [-0.39, 0.29) is 17.5 Å². The SMILES string of the molecule is O=C(Cc1cccs1)N1CCCCC1c1cc(=O)[nH]c(-c2cccnc2)n1. The zero-order chi connectivity index (χ0) is 18.6. The fourth-order valence-corrected chi connectivity index (χ4v) is 4.18. The molecule has 0 aliphatic carbocycles. The number of aromatic amines is 1. The molecular formula is C20H20N4O2S. The van der Waals surface area contributed by atoms with Crippen molar-refractivity contribution in [2.24, 2.45) is 0 Å². The van der Waals surface area contributed by atoms with Crippen molar-refractivity contribution >= 4 is 17.2 Å². The number of hydrogen-bond acceptors (Lipinski definition) is 5. The van der Waals surface area contributed by atoms with Crippen LogP contribution >= 0.6 is 11.3 Å². The summed E-state index contributed by atoms with van der Waals surface area (Å²) in [5.74, 6) is 0.578. The first-order chi connectivity index (χ1) is 13.2. The highest BCUT2D eigenvalue weighted by atomic mass is 32.1. The molecule has 0 spiro atoms. The van der Waals surface area contributed by atoms with Gasteiger partial charge in [-0.3, -0.25) is 14.6 Å². The van der Waals surface area contributed by atoms with Gasteiger partial charge in [0.25, 0.3) is 5.56 Å². The topological polar surface area (TPSA) is 79.0 Å². The van der Waals surface area contributed by atoms with Crippen molar-refractivity contribution in [2.75, 3.05) is 6.54 Å². The lowest BCUT2D eigenvalue weighted by Crippen LogP contribution is -2.40. The lowest BCUT2D eigenvalue weighted by molar-refractivity contribution is -0.134. The van der Waals surface area contributed by atoms with Crippen molar-refractivity contribution in [1.82, 2.24) is 19.9 Å². The molecule has 6 nitrogen and oxygen atoms in total. The summed E-state index contributed by atoms with van der Waals surface area (Å²) in [5.41, 5.74) is 1.19. The minimum Gasteiger partial charge on any atom is -0.334 e. The molecule has 1 aliphatic heterocycles. The molecule has 4 heterocycles. The Morgan fingerprint density at radius 1 is 1.30 bits per heavy atom. The number of rotatable bonds is 4. The van der Waals surface area contributed by atoms with Crippen molar-refractivity contribution < 1.29 is 4.79 Å². The molecule has 1 fully saturated rings. The summed E-state index contributed by atoms with van der Waals surface area (Å²) in [6.45, 7) is 0.700. The van der Waals surface area contributed by atoms with Gasteiger partial charge in [0, 0.05) is 35.4 Å². The van der Waals surface area contributed by atoms with E-state index in [1.165, 1.54) is 6.07 Å². The number of aromatic nitrogens is 3. The van der Waals surface area contributed by atoms with Gasteiger partial charge in [-0.1, -0.05) is 6.07 Å². The van der Waals surface area contributed by atoms with Crippen molar-refractivity contribution in [1.29, 1.82) is 0 Å². The van der Waals surface area contributed by atoms with Crippen LogP contribution in [0.5, 0.6) is 0 Å². The first-order valence-corrected chi connectivity index (χ1v) is 9.92. The molecule has 1 atom stereocenters. The summed E-state index contributed by atoms with van der Waals surface area (Å²) in [7, 11) is 0. The maximum atomic E-state index is 12.9. The quantitative estimate of drug-likeness (QED) is 0.754. The molecule has 3 aromatic rings. The molecule has 0 saturated carbocycles. The number of carbonyl (C=O) groups excluding carboxylic acids is 1. The van der Waals surface area contributed by atoms with E-state index in [1.807, 2.05) is 28.5 Å². The van der Waals surface area contributed by atoms with E-state index in [9.17, 15) is 9.59 Å². The second kappa shape index (κ2) is 7.84. The predicted molar refractivity (Wildman–Crippen MR) is 104 cm³/mol. The largest absolute Gasteiger partial charge is 0.334 e. The molecule has 1 N–H and O–H groups in total. The molecule has 1 unspecified atom stereocenters. The number of carbonyl (C=O) groups is 1. The summed E-state index contributed by atoms with van der Waals surface area (Å²) in [6.07, 6.45) is 6.56. The van der Waals surface area contributed by atoms with Crippen molar-refractivity contribution in [3.63, 3.8) is 0 Å². The van der Waals surface area contributed by atoms with Crippen LogP contribution in [0.1, 0.15) is 35.9 Å². The van der Waals surface area contributed by atoms with Crippen LogP contribution in [0.4, 0.5) is 0 Å². The number of pyridine rings is 1. The fourth-order valence-electron chi connectivity index (χ4n) is 3.49. The second-order valence-corrected chi connectivity index (χ2v) is 7.65. The van der Waals surface area contributed by atoms with Crippen molar-refractivity contribution in [2.45, 2.75) is 31.7 Å². The highest BCUT2D eigenvalue weighted by Crippen LogP contribution is 2.31. The fraction of sp³-hybridized carbons (Fsp3) is 0.300. The molecule has 1 amide bonds. The van der Waals surface area contributed by atoms with Crippen molar-refractivity contribution in [3.05, 3.63) is 69.0 Å². The van der Waals surface area contributed by atoms with Gasteiger partial charge in [-0.2, -0.15) is 0 Å². The Kier molecular flexibility index (Phi) is 5.11. The van der Waals surface area contributed by atoms with Gasteiger partial charge in [0.2, 0.25) is 5.91 Å². The molecule has 27 heavy (non-hydrogen) atoms. The zero-order valence-corrected chi connectivity index (χ0v) is 15.6. The monoisotopic (exact) mass is 380 g/mol. The molecule has 4 rings (SSSR count). The van der Waals surface area contributed by atoms with Gasteiger partial charge in [-0.25, -0.2) is 4.98 Å². The average Bonchev–Trinajstić information content (AvgIpc) is 3.21. The van der Waals surface area contributed by atoms with Gasteiger partial charge < -0.3 is 9.88 Å². The molecular weight excluding hydrogens is 360 g/mol. The Balaban J connectivity index is 1.64. The number of piperidine rings is 1. The van der Waals surface area contributed by atoms with Gasteiger partial charge in [0.05, 0.1) is 18.2 Å². The van der Waals surface area contributed by atoms with E-state index in [1.54, 1.807) is 29.8 Å². The van der Waals surface area contributed by atoms with Gasteiger partial charge >= 0.3 is 0 Å². The van der Waals surface area contributed by atoms with E-state index >= 15 is 0 Å².